The van der Waals surface area contributed by atoms with Crippen molar-refractivity contribution in [3.63, 3.8) is 0 Å². The number of unbranched alkanes of at least 4 members (excludes halogenated alkanes) is 23. The van der Waals surface area contributed by atoms with Crippen LogP contribution >= 0.6 is 11.8 Å². The molecular formula is C37H73N3O3S. The van der Waals surface area contributed by atoms with Crippen molar-refractivity contribution < 1.29 is 14.3 Å². The fourth-order valence-corrected chi connectivity index (χ4v) is 6.23. The lowest BCUT2D eigenvalue weighted by molar-refractivity contribution is -0.143. The van der Waals surface area contributed by atoms with Gasteiger partial charge in [-0.2, -0.15) is 16.9 Å². The fraction of sp³-hybridized carbons (Fsp3) is 0.919. The normalized spacial score (nSPS) is 11.6. The number of nitrogens with zero attached hydrogens (tertiary/aromatic N) is 1. The van der Waals surface area contributed by atoms with Crippen LogP contribution in [0.25, 0.3) is 0 Å². The van der Waals surface area contributed by atoms with E-state index < -0.39 is 0 Å². The second-order valence-electron chi connectivity index (χ2n) is 12.7. The van der Waals surface area contributed by atoms with Crippen LogP contribution in [0.15, 0.2) is 5.10 Å². The molecule has 1 amide bonds. The lowest BCUT2D eigenvalue weighted by atomic mass is 10.0. The molecule has 0 unspecified atom stereocenters. The molecule has 0 aliphatic heterocycles. The van der Waals surface area contributed by atoms with Gasteiger partial charge in [-0.25, -0.2) is 5.43 Å². The molecule has 0 saturated carbocycles. The molecule has 0 aromatic carbocycles. The zero-order chi connectivity index (χ0) is 32.2. The minimum Gasteiger partial charge on any atom is -0.466 e. The highest BCUT2D eigenvalue weighted by atomic mass is 32.2. The third-order valence-corrected chi connectivity index (χ3v) is 9.33. The molecular weight excluding hydrogens is 566 g/mol. The van der Waals surface area contributed by atoms with Crippen molar-refractivity contribution >= 4 is 29.5 Å². The van der Waals surface area contributed by atoms with Crippen molar-refractivity contribution in [1.29, 1.82) is 0 Å². The lowest BCUT2D eigenvalue weighted by Gasteiger charge is -2.06. The number of hydrogen-bond acceptors (Lipinski definition) is 5. The third kappa shape index (κ3) is 35.2. The van der Waals surface area contributed by atoms with E-state index in [9.17, 15) is 9.59 Å². The van der Waals surface area contributed by atoms with Crippen LogP contribution in [0.2, 0.25) is 0 Å². The summed E-state index contributed by atoms with van der Waals surface area (Å²) < 4.78 is 5.36. The molecule has 0 rings (SSSR count). The second kappa shape index (κ2) is 36.2. The molecule has 0 radical (unpaired) electrons. The Morgan fingerprint density at radius 3 is 1.45 bits per heavy atom. The monoisotopic (exact) mass is 640 g/mol. The Bertz CT molecular complexity index is 660. The molecule has 3 N–H and O–H groups in total. The molecule has 0 aromatic rings. The zero-order valence-corrected chi connectivity index (χ0v) is 30.1. The summed E-state index contributed by atoms with van der Waals surface area (Å²) in [5.74, 6) is 2.00. The molecule has 44 heavy (non-hydrogen) atoms. The number of carbonyl (C=O) groups excluding carboxylic acids is 2. The van der Waals surface area contributed by atoms with Crippen molar-refractivity contribution in [1.82, 2.24) is 5.43 Å². The smallest absolute Gasteiger partial charge is 0.306 e. The molecule has 0 saturated heterocycles. The van der Waals surface area contributed by atoms with Crippen LogP contribution in [-0.2, 0) is 14.3 Å². The van der Waals surface area contributed by atoms with Gasteiger partial charge in [0.15, 0.2) is 0 Å². The highest BCUT2D eigenvalue weighted by Crippen LogP contribution is 2.14. The first-order valence-corrected chi connectivity index (χ1v) is 20.1. The van der Waals surface area contributed by atoms with Crippen molar-refractivity contribution in [2.24, 2.45) is 10.8 Å². The topological polar surface area (TPSA) is 93.8 Å². The van der Waals surface area contributed by atoms with E-state index in [1.807, 2.05) is 0 Å². The number of thioether (sulfide) groups is 1. The van der Waals surface area contributed by atoms with E-state index in [0.717, 1.165) is 43.6 Å². The summed E-state index contributed by atoms with van der Waals surface area (Å²) in [7, 11) is 0. The lowest BCUT2D eigenvalue weighted by Crippen LogP contribution is -2.23. The van der Waals surface area contributed by atoms with Crippen LogP contribution < -0.4 is 11.2 Å². The Kier molecular flexibility index (Phi) is 35.2. The predicted molar refractivity (Wildman–Crippen MR) is 193 cm³/mol. The van der Waals surface area contributed by atoms with Gasteiger partial charge in [-0.3, -0.25) is 9.59 Å². The van der Waals surface area contributed by atoms with Crippen LogP contribution in [-0.4, -0.2) is 35.8 Å². The minimum atomic E-state index is -0.0914. The summed E-state index contributed by atoms with van der Waals surface area (Å²) in [6, 6.07) is 0. The summed E-state index contributed by atoms with van der Waals surface area (Å²) in [5.41, 5.74) is 8.56. The van der Waals surface area contributed by atoms with Gasteiger partial charge in [0.1, 0.15) is 5.84 Å². The van der Waals surface area contributed by atoms with Crippen LogP contribution in [0.1, 0.15) is 200 Å². The van der Waals surface area contributed by atoms with Gasteiger partial charge in [-0.05, 0) is 25.0 Å². The first-order chi connectivity index (χ1) is 21.6. The molecule has 7 heteroatoms. The van der Waals surface area contributed by atoms with Gasteiger partial charge in [0.25, 0.3) is 0 Å². The van der Waals surface area contributed by atoms with Crippen LogP contribution in [0.4, 0.5) is 0 Å². The van der Waals surface area contributed by atoms with Gasteiger partial charge in [0.2, 0.25) is 5.91 Å². The summed E-state index contributed by atoms with van der Waals surface area (Å²) in [5, 5.41) is 4.05. The Labute approximate surface area is 277 Å². The zero-order valence-electron chi connectivity index (χ0n) is 29.3. The standard InChI is InChI=1S/C37H73N3O3S/c1-3-5-7-9-11-13-15-16-17-18-19-20-22-24-26-30-36(41)40-39-35(38)29-28-33-44-34-31-37(42)43-32-27-25-23-21-14-12-10-8-6-4-2/h3-34H2,1-2H3,(H2,38,39)(H,40,41). The molecule has 0 fully saturated rings. The van der Waals surface area contributed by atoms with Crippen molar-refractivity contribution in [2.45, 2.75) is 200 Å². The van der Waals surface area contributed by atoms with E-state index in [1.54, 1.807) is 11.8 Å². The molecule has 0 aromatic heterocycles. The maximum Gasteiger partial charge on any atom is 0.306 e. The second-order valence-corrected chi connectivity index (χ2v) is 13.9. The van der Waals surface area contributed by atoms with Crippen molar-refractivity contribution in [2.75, 3.05) is 18.1 Å². The van der Waals surface area contributed by atoms with Crippen LogP contribution in [0, 0.1) is 0 Å². The van der Waals surface area contributed by atoms with E-state index >= 15 is 0 Å². The minimum absolute atomic E-state index is 0.0478. The first-order valence-electron chi connectivity index (χ1n) is 18.9. The summed E-state index contributed by atoms with van der Waals surface area (Å²) in [6.07, 6.45) is 35.1. The number of hydrogen-bond donors (Lipinski definition) is 2. The molecule has 260 valence electrons. The molecule has 0 aliphatic carbocycles. The number of esters is 1. The number of amides is 1. The largest absolute Gasteiger partial charge is 0.466 e. The molecule has 0 bridgehead atoms. The first kappa shape index (κ1) is 42.8. The molecule has 0 aliphatic rings. The maximum atomic E-state index is 12.0. The van der Waals surface area contributed by atoms with E-state index in [4.69, 9.17) is 10.5 Å². The maximum absolute atomic E-state index is 12.0. The van der Waals surface area contributed by atoms with Gasteiger partial charge >= 0.3 is 5.97 Å². The third-order valence-electron chi connectivity index (χ3n) is 8.26. The Morgan fingerprint density at radius 1 is 0.545 bits per heavy atom. The quantitative estimate of drug-likeness (QED) is 0.0236. The van der Waals surface area contributed by atoms with Crippen molar-refractivity contribution in [3.8, 4) is 0 Å². The van der Waals surface area contributed by atoms with Gasteiger partial charge in [0, 0.05) is 18.6 Å². The highest BCUT2D eigenvalue weighted by Gasteiger charge is 2.04. The molecule has 6 nitrogen and oxygen atoms in total. The Hall–Kier alpha value is -1.24. The van der Waals surface area contributed by atoms with E-state index in [-0.39, 0.29) is 11.9 Å². The summed E-state index contributed by atoms with van der Waals surface area (Å²) >= 11 is 1.74. The van der Waals surface area contributed by atoms with E-state index in [1.165, 1.54) is 135 Å². The Morgan fingerprint density at radius 2 is 0.977 bits per heavy atom. The SMILES string of the molecule is CCCCCCCCCCCCCCCCCC(=O)NN=C(N)CCCSCCC(=O)OCCCCCCCCCCCC. The average molecular weight is 640 g/mol. The summed E-state index contributed by atoms with van der Waals surface area (Å²) in [4.78, 5) is 23.9. The van der Waals surface area contributed by atoms with Gasteiger partial charge in [-0.1, -0.05) is 162 Å². The van der Waals surface area contributed by atoms with Crippen LogP contribution in [0.5, 0.6) is 0 Å². The van der Waals surface area contributed by atoms with Gasteiger partial charge in [0.05, 0.1) is 13.0 Å². The van der Waals surface area contributed by atoms with Gasteiger partial charge < -0.3 is 10.5 Å². The highest BCUT2D eigenvalue weighted by molar-refractivity contribution is 7.99. The predicted octanol–water partition coefficient (Wildman–Crippen LogP) is 11.0. The number of ether oxygens (including phenoxy) is 1. The number of amidine groups is 1. The Balaban J connectivity index is 3.42. The van der Waals surface area contributed by atoms with Gasteiger partial charge in [-0.15, -0.1) is 0 Å². The van der Waals surface area contributed by atoms with E-state index in [0.29, 0.717) is 31.7 Å². The number of hydrazone groups is 1. The summed E-state index contributed by atoms with van der Waals surface area (Å²) in [6.45, 7) is 5.09. The molecule has 0 spiro atoms. The number of nitrogens with two attached hydrogens (primary N) is 1. The fourth-order valence-electron chi connectivity index (χ4n) is 5.36. The number of rotatable bonds is 35. The number of nitrogens with one attached hydrogen (secondary N) is 1. The van der Waals surface area contributed by atoms with Crippen molar-refractivity contribution in [3.05, 3.63) is 0 Å². The molecule has 0 heterocycles. The number of carbonyl (C=O) groups is 2. The van der Waals surface area contributed by atoms with Crippen LogP contribution in [0.3, 0.4) is 0 Å². The molecule has 0 atom stereocenters. The average Bonchev–Trinajstić information content (AvgIpc) is 3.02. The van der Waals surface area contributed by atoms with E-state index in [2.05, 4.69) is 24.4 Å².